The maximum Gasteiger partial charge on any atom is 0.257 e. The van der Waals surface area contributed by atoms with Crippen LogP contribution in [0.4, 0.5) is 0 Å². The van der Waals surface area contributed by atoms with Crippen LogP contribution in [0.3, 0.4) is 0 Å². The maximum atomic E-state index is 11.8. The number of furan rings is 1. The van der Waals surface area contributed by atoms with E-state index in [1.165, 1.54) is 12.5 Å². The molecule has 1 aromatic rings. The molecule has 1 aromatic heterocycles. The largest absolute Gasteiger partial charge is 0.472 e. The molecule has 0 radical (unpaired) electrons. The van der Waals surface area contributed by atoms with Crippen molar-refractivity contribution in [3.8, 4) is 6.07 Å². The smallest absolute Gasteiger partial charge is 0.257 e. The van der Waals surface area contributed by atoms with Crippen LogP contribution in [-0.4, -0.2) is 36.6 Å². The molecule has 1 atom stereocenters. The third-order valence-electron chi connectivity index (χ3n) is 2.27. The van der Waals surface area contributed by atoms with Crippen LogP contribution in [0.2, 0.25) is 0 Å². The highest BCUT2D eigenvalue weighted by Gasteiger charge is 2.25. The summed E-state index contributed by atoms with van der Waals surface area (Å²) in [6, 6.07) is 3.60. The van der Waals surface area contributed by atoms with Crippen LogP contribution in [0.25, 0.3) is 0 Å². The summed E-state index contributed by atoms with van der Waals surface area (Å²) in [5, 5.41) is 8.69. The summed E-state index contributed by atoms with van der Waals surface area (Å²) in [4.78, 5) is 13.4. The number of hydrogen-bond acceptors (Lipinski definition) is 4. The van der Waals surface area contributed by atoms with E-state index in [-0.39, 0.29) is 5.91 Å². The van der Waals surface area contributed by atoms with Gasteiger partial charge in [0.2, 0.25) is 0 Å². The Hall–Kier alpha value is -1.80. The van der Waals surface area contributed by atoms with Gasteiger partial charge in [-0.3, -0.25) is 4.79 Å². The van der Waals surface area contributed by atoms with E-state index in [1.54, 1.807) is 11.0 Å². The van der Waals surface area contributed by atoms with Crippen LogP contribution < -0.4 is 0 Å². The lowest BCUT2D eigenvalue weighted by Crippen LogP contribution is -2.45. The van der Waals surface area contributed by atoms with E-state index < -0.39 is 6.10 Å². The third-order valence-corrected chi connectivity index (χ3v) is 2.27. The van der Waals surface area contributed by atoms with Gasteiger partial charge < -0.3 is 14.1 Å². The van der Waals surface area contributed by atoms with Crippen LogP contribution in [0.5, 0.6) is 0 Å². The molecule has 0 bridgehead atoms. The van der Waals surface area contributed by atoms with Crippen LogP contribution in [0.1, 0.15) is 10.4 Å². The Morgan fingerprint density at radius 1 is 1.67 bits per heavy atom. The van der Waals surface area contributed by atoms with Gasteiger partial charge in [0.15, 0.2) is 6.10 Å². The summed E-state index contributed by atoms with van der Waals surface area (Å²) >= 11 is 0. The zero-order valence-corrected chi connectivity index (χ0v) is 8.05. The molecular formula is C10H10N2O3. The topological polar surface area (TPSA) is 66.5 Å². The lowest BCUT2D eigenvalue weighted by molar-refractivity contribution is 0.00343. The molecule has 2 rings (SSSR count). The highest BCUT2D eigenvalue weighted by atomic mass is 16.5. The van der Waals surface area contributed by atoms with Gasteiger partial charge in [-0.2, -0.15) is 5.26 Å². The van der Waals surface area contributed by atoms with Gasteiger partial charge in [0, 0.05) is 6.54 Å². The fourth-order valence-corrected chi connectivity index (χ4v) is 1.48. The Morgan fingerprint density at radius 3 is 3.20 bits per heavy atom. The predicted molar refractivity (Wildman–Crippen MR) is 50.0 cm³/mol. The number of morpholine rings is 1. The standard InChI is InChI=1S/C10H10N2O3/c11-5-9-6-12(2-4-15-9)10(13)8-1-3-14-7-8/h1,3,7,9H,2,4,6H2. The molecule has 2 heterocycles. The Labute approximate surface area is 86.8 Å². The summed E-state index contributed by atoms with van der Waals surface area (Å²) in [5.41, 5.74) is 0.508. The molecule has 1 aliphatic rings. The number of carbonyl (C=O) groups is 1. The Balaban J connectivity index is 2.05. The summed E-state index contributed by atoms with van der Waals surface area (Å²) < 4.78 is 9.98. The van der Waals surface area contributed by atoms with Crippen molar-refractivity contribution in [2.75, 3.05) is 19.7 Å². The molecule has 5 heteroatoms. The molecule has 1 saturated heterocycles. The molecule has 1 unspecified atom stereocenters. The summed E-state index contributed by atoms with van der Waals surface area (Å²) in [6.45, 7) is 1.24. The molecule has 0 saturated carbocycles. The quantitative estimate of drug-likeness (QED) is 0.676. The number of nitrogens with zero attached hydrogens (tertiary/aromatic N) is 2. The molecule has 1 amide bonds. The molecular weight excluding hydrogens is 196 g/mol. The zero-order valence-electron chi connectivity index (χ0n) is 8.05. The fraction of sp³-hybridized carbons (Fsp3) is 0.400. The van der Waals surface area contributed by atoms with Gasteiger partial charge in [0.25, 0.3) is 5.91 Å². The van der Waals surface area contributed by atoms with E-state index in [4.69, 9.17) is 14.4 Å². The second-order valence-electron chi connectivity index (χ2n) is 3.25. The average molecular weight is 206 g/mol. The lowest BCUT2D eigenvalue weighted by atomic mass is 10.2. The second kappa shape index (κ2) is 4.15. The average Bonchev–Trinajstić information content (AvgIpc) is 2.81. The molecule has 0 spiro atoms. The van der Waals surface area contributed by atoms with Crippen molar-refractivity contribution in [1.29, 1.82) is 5.26 Å². The van der Waals surface area contributed by atoms with Crippen molar-refractivity contribution >= 4 is 5.91 Å². The summed E-state index contributed by atoms with van der Waals surface area (Å²) in [7, 11) is 0. The summed E-state index contributed by atoms with van der Waals surface area (Å²) in [5.74, 6) is -0.118. The summed E-state index contributed by atoms with van der Waals surface area (Å²) in [6.07, 6.45) is 2.34. The predicted octanol–water partition coefficient (Wildman–Crippen LogP) is 0.644. The van der Waals surface area contributed by atoms with E-state index in [1.807, 2.05) is 6.07 Å². The van der Waals surface area contributed by atoms with Crippen molar-refractivity contribution in [3.05, 3.63) is 24.2 Å². The molecule has 78 valence electrons. The van der Waals surface area contributed by atoms with Crippen molar-refractivity contribution in [1.82, 2.24) is 4.90 Å². The second-order valence-corrected chi connectivity index (χ2v) is 3.25. The SMILES string of the molecule is N#CC1CN(C(=O)c2ccoc2)CCO1. The van der Waals surface area contributed by atoms with E-state index in [2.05, 4.69) is 0 Å². The van der Waals surface area contributed by atoms with Gasteiger partial charge in [0.05, 0.1) is 31.0 Å². The molecule has 1 fully saturated rings. The Kier molecular flexibility index (Phi) is 2.70. The first-order chi connectivity index (χ1) is 7.31. The van der Waals surface area contributed by atoms with E-state index in [9.17, 15) is 4.79 Å². The minimum atomic E-state index is -0.519. The van der Waals surface area contributed by atoms with Gasteiger partial charge in [-0.1, -0.05) is 0 Å². The van der Waals surface area contributed by atoms with Crippen LogP contribution >= 0.6 is 0 Å². The normalized spacial score (nSPS) is 21.0. The van der Waals surface area contributed by atoms with Gasteiger partial charge in [-0.05, 0) is 6.07 Å². The maximum absolute atomic E-state index is 11.8. The minimum Gasteiger partial charge on any atom is -0.472 e. The van der Waals surface area contributed by atoms with Gasteiger partial charge in [-0.15, -0.1) is 0 Å². The van der Waals surface area contributed by atoms with Crippen LogP contribution in [0, 0.1) is 11.3 Å². The minimum absolute atomic E-state index is 0.118. The highest BCUT2D eigenvalue weighted by Crippen LogP contribution is 2.10. The zero-order chi connectivity index (χ0) is 10.7. The third kappa shape index (κ3) is 2.00. The van der Waals surface area contributed by atoms with Crippen molar-refractivity contribution in [3.63, 3.8) is 0 Å². The Bertz CT molecular complexity index is 380. The van der Waals surface area contributed by atoms with Crippen LogP contribution in [-0.2, 0) is 4.74 Å². The van der Waals surface area contributed by atoms with E-state index in [0.29, 0.717) is 25.3 Å². The van der Waals surface area contributed by atoms with Gasteiger partial charge in [-0.25, -0.2) is 0 Å². The monoisotopic (exact) mass is 206 g/mol. The number of ether oxygens (including phenoxy) is 1. The van der Waals surface area contributed by atoms with Crippen molar-refractivity contribution < 1.29 is 13.9 Å². The molecule has 1 aliphatic heterocycles. The number of amides is 1. The van der Waals surface area contributed by atoms with Crippen molar-refractivity contribution in [2.24, 2.45) is 0 Å². The molecule has 0 aliphatic carbocycles. The number of carbonyl (C=O) groups excluding carboxylic acids is 1. The lowest BCUT2D eigenvalue weighted by Gasteiger charge is -2.29. The van der Waals surface area contributed by atoms with E-state index >= 15 is 0 Å². The molecule has 5 nitrogen and oxygen atoms in total. The first kappa shape index (κ1) is 9.74. The molecule has 0 N–H and O–H groups in total. The molecule has 0 aromatic carbocycles. The first-order valence-corrected chi connectivity index (χ1v) is 4.64. The van der Waals surface area contributed by atoms with E-state index in [0.717, 1.165) is 0 Å². The van der Waals surface area contributed by atoms with Crippen molar-refractivity contribution in [2.45, 2.75) is 6.10 Å². The number of hydrogen-bond donors (Lipinski definition) is 0. The fourth-order valence-electron chi connectivity index (χ4n) is 1.48. The number of rotatable bonds is 1. The molecule has 15 heavy (non-hydrogen) atoms. The van der Waals surface area contributed by atoms with Gasteiger partial charge >= 0.3 is 0 Å². The Morgan fingerprint density at radius 2 is 2.53 bits per heavy atom. The van der Waals surface area contributed by atoms with Gasteiger partial charge in [0.1, 0.15) is 6.26 Å². The highest BCUT2D eigenvalue weighted by molar-refractivity contribution is 5.93. The first-order valence-electron chi connectivity index (χ1n) is 4.64. The van der Waals surface area contributed by atoms with Crippen LogP contribution in [0.15, 0.2) is 23.0 Å². The number of nitriles is 1.